The molecule has 0 aliphatic carbocycles. The number of aromatic nitrogens is 3. The molecule has 0 amide bonds. The van der Waals surface area contributed by atoms with Crippen LogP contribution in [0.1, 0.15) is 13.8 Å². The maximum absolute atomic E-state index is 12.5. The molecule has 0 saturated carbocycles. The van der Waals surface area contributed by atoms with Gasteiger partial charge in [-0.25, -0.2) is 0 Å². The Balaban J connectivity index is 3.09. The highest BCUT2D eigenvalue weighted by Crippen LogP contribution is 2.22. The van der Waals surface area contributed by atoms with Crippen LogP contribution in [0, 0.1) is 0 Å². The second-order valence-corrected chi connectivity index (χ2v) is 3.82. The largest absolute Gasteiger partial charge is 0.467 e. The van der Waals surface area contributed by atoms with Crippen molar-refractivity contribution in [3.63, 3.8) is 0 Å². The minimum atomic E-state index is -4.36. The summed E-state index contributed by atoms with van der Waals surface area (Å²) in [5, 5.41) is 0. The lowest BCUT2D eigenvalue weighted by molar-refractivity contribution is -0.120. The number of ether oxygens (including phenoxy) is 1. The molecule has 1 rings (SSSR count). The van der Waals surface area contributed by atoms with E-state index in [1.807, 2.05) is 0 Å². The van der Waals surface area contributed by atoms with E-state index in [1.165, 1.54) is 7.11 Å². The molecule has 0 atom stereocenters. The summed E-state index contributed by atoms with van der Waals surface area (Å²) < 4.78 is 42.1. The summed E-state index contributed by atoms with van der Waals surface area (Å²) in [5.41, 5.74) is 5.39. The summed E-state index contributed by atoms with van der Waals surface area (Å²) >= 11 is 0. The molecule has 0 saturated heterocycles. The number of nitrogens with two attached hydrogens (primary N) is 1. The van der Waals surface area contributed by atoms with Crippen LogP contribution in [0.3, 0.4) is 0 Å². The van der Waals surface area contributed by atoms with Crippen molar-refractivity contribution in [2.75, 3.05) is 24.3 Å². The summed E-state index contributed by atoms with van der Waals surface area (Å²) in [6.45, 7) is 2.02. The van der Waals surface area contributed by atoms with Crippen molar-refractivity contribution in [2.45, 2.75) is 26.1 Å². The van der Waals surface area contributed by atoms with Gasteiger partial charge in [-0.2, -0.15) is 28.1 Å². The van der Waals surface area contributed by atoms with Gasteiger partial charge in [-0.05, 0) is 13.8 Å². The van der Waals surface area contributed by atoms with Crippen LogP contribution in [-0.4, -0.2) is 40.8 Å². The second kappa shape index (κ2) is 5.23. The van der Waals surface area contributed by atoms with E-state index in [9.17, 15) is 13.2 Å². The summed E-state index contributed by atoms with van der Waals surface area (Å²) in [7, 11) is 1.29. The first-order valence-electron chi connectivity index (χ1n) is 5.12. The van der Waals surface area contributed by atoms with Gasteiger partial charge in [-0.15, -0.1) is 0 Å². The molecule has 0 spiro atoms. The van der Waals surface area contributed by atoms with Gasteiger partial charge in [0.15, 0.2) is 0 Å². The number of alkyl halides is 3. The molecule has 6 nitrogen and oxygen atoms in total. The van der Waals surface area contributed by atoms with Crippen LogP contribution >= 0.6 is 0 Å². The summed E-state index contributed by atoms with van der Waals surface area (Å²) in [6.07, 6.45) is -4.36. The summed E-state index contributed by atoms with van der Waals surface area (Å²) in [5.74, 6) is -0.351. The molecular weight excluding hydrogens is 251 g/mol. The predicted molar refractivity (Wildman–Crippen MR) is 59.3 cm³/mol. The molecule has 0 aliphatic heterocycles. The lowest BCUT2D eigenvalue weighted by Crippen LogP contribution is -2.40. The molecule has 0 unspecified atom stereocenters. The molecule has 0 bridgehead atoms. The van der Waals surface area contributed by atoms with Crippen molar-refractivity contribution < 1.29 is 17.9 Å². The zero-order valence-corrected chi connectivity index (χ0v) is 10.2. The second-order valence-electron chi connectivity index (χ2n) is 3.82. The number of hydrogen-bond acceptors (Lipinski definition) is 6. The van der Waals surface area contributed by atoms with Gasteiger partial charge >= 0.3 is 12.2 Å². The van der Waals surface area contributed by atoms with Crippen molar-refractivity contribution in [2.24, 2.45) is 0 Å². The summed E-state index contributed by atoms with van der Waals surface area (Å²) in [4.78, 5) is 12.0. The molecule has 9 heteroatoms. The van der Waals surface area contributed by atoms with Crippen molar-refractivity contribution in [3.8, 4) is 6.01 Å². The molecule has 102 valence electrons. The molecular formula is C9H14F3N5O. The predicted octanol–water partition coefficient (Wildman–Crippen LogP) is 1.24. The van der Waals surface area contributed by atoms with E-state index in [2.05, 4.69) is 15.0 Å². The van der Waals surface area contributed by atoms with Crippen molar-refractivity contribution in [1.29, 1.82) is 0 Å². The van der Waals surface area contributed by atoms with E-state index in [0.717, 1.165) is 4.90 Å². The van der Waals surface area contributed by atoms with E-state index in [4.69, 9.17) is 10.5 Å². The van der Waals surface area contributed by atoms with Gasteiger partial charge in [0.05, 0.1) is 7.11 Å². The van der Waals surface area contributed by atoms with Gasteiger partial charge in [0.25, 0.3) is 0 Å². The fraction of sp³-hybridized carbons (Fsp3) is 0.667. The van der Waals surface area contributed by atoms with E-state index in [0.29, 0.717) is 0 Å². The lowest BCUT2D eigenvalue weighted by Gasteiger charge is -2.27. The molecule has 1 aromatic heterocycles. The first kappa shape index (κ1) is 14.3. The molecule has 18 heavy (non-hydrogen) atoms. The Kier molecular flexibility index (Phi) is 4.15. The highest BCUT2D eigenvalue weighted by atomic mass is 19.4. The van der Waals surface area contributed by atoms with Crippen LogP contribution in [0.4, 0.5) is 25.1 Å². The first-order valence-corrected chi connectivity index (χ1v) is 5.12. The third-order valence-electron chi connectivity index (χ3n) is 2.03. The van der Waals surface area contributed by atoms with Crippen molar-refractivity contribution in [3.05, 3.63) is 0 Å². The number of methoxy groups -OCH3 is 1. The van der Waals surface area contributed by atoms with Crippen molar-refractivity contribution >= 4 is 11.9 Å². The third-order valence-corrected chi connectivity index (χ3v) is 2.03. The van der Waals surface area contributed by atoms with E-state index < -0.39 is 18.8 Å². The number of nitrogen functional groups attached to an aromatic ring is 1. The quantitative estimate of drug-likeness (QED) is 0.882. The minimum absolute atomic E-state index is 0.120. The molecule has 0 aliphatic rings. The Morgan fingerprint density at radius 2 is 1.89 bits per heavy atom. The third kappa shape index (κ3) is 3.90. The van der Waals surface area contributed by atoms with Crippen LogP contribution in [0.2, 0.25) is 0 Å². The fourth-order valence-corrected chi connectivity index (χ4v) is 1.26. The van der Waals surface area contributed by atoms with Crippen LogP contribution in [0.15, 0.2) is 0 Å². The van der Waals surface area contributed by atoms with E-state index in [-0.39, 0.29) is 17.9 Å². The average Bonchev–Trinajstić information content (AvgIpc) is 2.23. The highest BCUT2D eigenvalue weighted by Gasteiger charge is 2.33. The lowest BCUT2D eigenvalue weighted by atomic mass is 10.3. The average molecular weight is 265 g/mol. The number of rotatable bonds is 4. The number of nitrogens with zero attached hydrogens (tertiary/aromatic N) is 4. The topological polar surface area (TPSA) is 77.2 Å². The number of halogens is 3. The van der Waals surface area contributed by atoms with Gasteiger partial charge < -0.3 is 15.4 Å². The number of anilines is 2. The number of hydrogen-bond donors (Lipinski definition) is 1. The van der Waals surface area contributed by atoms with Crippen molar-refractivity contribution in [1.82, 2.24) is 15.0 Å². The fourth-order valence-electron chi connectivity index (χ4n) is 1.26. The van der Waals surface area contributed by atoms with E-state index in [1.54, 1.807) is 13.8 Å². The molecule has 0 radical (unpaired) electrons. The monoisotopic (exact) mass is 265 g/mol. The van der Waals surface area contributed by atoms with Gasteiger partial charge in [-0.3, -0.25) is 0 Å². The molecule has 1 heterocycles. The standard InChI is InChI=1S/C9H14F3N5O/c1-5(2)17(4-9(10,11)12)7-14-6(13)15-8(16-7)18-3/h5H,4H2,1-3H3,(H2,13,14,15,16). The Labute approximate surface area is 102 Å². The van der Waals surface area contributed by atoms with Crippen LogP contribution in [0.5, 0.6) is 6.01 Å². The molecule has 0 aromatic carbocycles. The minimum Gasteiger partial charge on any atom is -0.467 e. The SMILES string of the molecule is COc1nc(N)nc(N(CC(F)(F)F)C(C)C)n1. The first-order chi connectivity index (χ1) is 8.23. The zero-order valence-electron chi connectivity index (χ0n) is 10.2. The van der Waals surface area contributed by atoms with Gasteiger partial charge in [0.1, 0.15) is 6.54 Å². The Hall–Kier alpha value is -1.80. The van der Waals surface area contributed by atoms with Crippen LogP contribution in [0.25, 0.3) is 0 Å². The maximum atomic E-state index is 12.5. The van der Waals surface area contributed by atoms with E-state index >= 15 is 0 Å². The smallest absolute Gasteiger partial charge is 0.406 e. The zero-order chi connectivity index (χ0) is 13.9. The highest BCUT2D eigenvalue weighted by molar-refractivity contribution is 5.37. The normalized spacial score (nSPS) is 11.7. The van der Waals surface area contributed by atoms with Gasteiger partial charge in [0, 0.05) is 6.04 Å². The van der Waals surface area contributed by atoms with Gasteiger partial charge in [-0.1, -0.05) is 0 Å². The molecule has 0 fully saturated rings. The Morgan fingerprint density at radius 1 is 1.28 bits per heavy atom. The molecule has 1 aromatic rings. The van der Waals surface area contributed by atoms with Crippen LogP contribution in [-0.2, 0) is 0 Å². The maximum Gasteiger partial charge on any atom is 0.406 e. The van der Waals surface area contributed by atoms with Crippen LogP contribution < -0.4 is 15.4 Å². The molecule has 2 N–H and O–H groups in total. The van der Waals surface area contributed by atoms with Gasteiger partial charge in [0.2, 0.25) is 11.9 Å². The Morgan fingerprint density at radius 3 is 2.33 bits per heavy atom. The summed E-state index contributed by atoms with van der Waals surface area (Å²) in [6, 6.07) is -0.566. The Bertz CT molecular complexity index is 410.